The lowest BCUT2D eigenvalue weighted by atomic mass is 10.3. The summed E-state index contributed by atoms with van der Waals surface area (Å²) in [7, 11) is 3.44. The van der Waals surface area contributed by atoms with Gasteiger partial charge in [-0.3, -0.25) is 14.9 Å². The van der Waals surface area contributed by atoms with E-state index in [1.54, 1.807) is 31.1 Å². The minimum atomic E-state index is -0.451. The fourth-order valence-corrected chi connectivity index (χ4v) is 1.45. The molecule has 0 aliphatic heterocycles. The molecule has 0 heterocycles. The van der Waals surface area contributed by atoms with Crippen molar-refractivity contribution >= 4 is 11.6 Å². The fraction of sp³-hybridized carbons (Fsp3) is 0.462. The number of amides is 1. The van der Waals surface area contributed by atoms with Crippen LogP contribution in [0.25, 0.3) is 0 Å². The van der Waals surface area contributed by atoms with Crippen LogP contribution in [0.15, 0.2) is 24.3 Å². The molecular formula is C13H19N3O4. The number of hydrogen-bond acceptors (Lipinski definition) is 5. The number of carbonyl (C=O) groups excluding carboxylic acids is 1. The Morgan fingerprint density at radius 1 is 1.30 bits per heavy atom. The summed E-state index contributed by atoms with van der Waals surface area (Å²) in [5, 5.41) is 13.6. The average Bonchev–Trinajstić information content (AvgIpc) is 2.42. The van der Waals surface area contributed by atoms with Gasteiger partial charge in [-0.2, -0.15) is 0 Å². The van der Waals surface area contributed by atoms with E-state index in [1.165, 1.54) is 12.1 Å². The maximum absolute atomic E-state index is 11.3. The van der Waals surface area contributed by atoms with Crippen LogP contribution in [-0.4, -0.2) is 49.5 Å². The summed E-state index contributed by atoms with van der Waals surface area (Å²) in [5.74, 6) is 0.663. The first-order chi connectivity index (χ1) is 9.50. The zero-order chi connectivity index (χ0) is 15.0. The molecule has 7 heteroatoms. The van der Waals surface area contributed by atoms with E-state index < -0.39 is 4.92 Å². The van der Waals surface area contributed by atoms with Crippen LogP contribution >= 0.6 is 0 Å². The van der Waals surface area contributed by atoms with Gasteiger partial charge in [0.1, 0.15) is 12.4 Å². The highest BCUT2D eigenvalue weighted by atomic mass is 16.6. The van der Waals surface area contributed by atoms with Crippen LogP contribution in [0, 0.1) is 10.1 Å². The SMILES string of the molecule is CN(C)C(=O)CCNCCOc1ccc([N+](=O)[O-])cc1. The van der Waals surface area contributed by atoms with Crippen LogP contribution in [-0.2, 0) is 4.79 Å². The second-order valence-corrected chi connectivity index (χ2v) is 4.39. The van der Waals surface area contributed by atoms with Gasteiger partial charge in [-0.05, 0) is 12.1 Å². The molecule has 0 aliphatic rings. The molecule has 110 valence electrons. The smallest absolute Gasteiger partial charge is 0.269 e. The van der Waals surface area contributed by atoms with Crippen LogP contribution in [0.4, 0.5) is 5.69 Å². The monoisotopic (exact) mass is 281 g/mol. The van der Waals surface area contributed by atoms with Gasteiger partial charge in [0.05, 0.1) is 4.92 Å². The highest BCUT2D eigenvalue weighted by molar-refractivity contribution is 5.75. The number of benzene rings is 1. The van der Waals surface area contributed by atoms with E-state index in [2.05, 4.69) is 5.32 Å². The molecule has 7 nitrogen and oxygen atoms in total. The third-order valence-corrected chi connectivity index (χ3v) is 2.61. The number of nitrogens with one attached hydrogen (secondary N) is 1. The molecule has 1 amide bonds. The Bertz CT molecular complexity index is 445. The van der Waals surface area contributed by atoms with Crippen molar-refractivity contribution in [2.45, 2.75) is 6.42 Å². The molecule has 0 radical (unpaired) electrons. The van der Waals surface area contributed by atoms with Crippen molar-refractivity contribution in [3.63, 3.8) is 0 Å². The van der Waals surface area contributed by atoms with Gasteiger partial charge in [-0.15, -0.1) is 0 Å². The van der Waals surface area contributed by atoms with Gasteiger partial charge in [0.15, 0.2) is 0 Å². The number of nitrogens with zero attached hydrogens (tertiary/aromatic N) is 2. The molecule has 0 unspecified atom stereocenters. The molecule has 0 aliphatic carbocycles. The minimum absolute atomic E-state index is 0.0395. The molecule has 0 bridgehead atoms. The second kappa shape index (κ2) is 8.11. The summed E-state index contributed by atoms with van der Waals surface area (Å²) in [5.41, 5.74) is 0.0395. The normalized spacial score (nSPS) is 10.1. The van der Waals surface area contributed by atoms with Crippen LogP contribution in [0.5, 0.6) is 5.75 Å². The van der Waals surface area contributed by atoms with Gasteiger partial charge in [0.25, 0.3) is 5.69 Å². The molecule has 0 spiro atoms. The number of nitro benzene ring substituents is 1. The molecule has 1 rings (SSSR count). The summed E-state index contributed by atoms with van der Waals surface area (Å²) in [6, 6.07) is 5.93. The quantitative estimate of drug-likeness (QED) is 0.437. The molecule has 0 atom stereocenters. The van der Waals surface area contributed by atoms with Gasteiger partial charge < -0.3 is 15.0 Å². The summed E-state index contributed by atoms with van der Waals surface area (Å²) >= 11 is 0. The van der Waals surface area contributed by atoms with Crippen molar-refractivity contribution in [3.05, 3.63) is 34.4 Å². The number of ether oxygens (including phenoxy) is 1. The number of carbonyl (C=O) groups is 1. The van der Waals surface area contributed by atoms with Crippen molar-refractivity contribution in [2.24, 2.45) is 0 Å². The molecule has 1 aromatic rings. The van der Waals surface area contributed by atoms with Gasteiger partial charge in [0, 0.05) is 45.7 Å². The van der Waals surface area contributed by atoms with Crippen molar-refractivity contribution < 1.29 is 14.5 Å². The first-order valence-corrected chi connectivity index (χ1v) is 6.29. The van der Waals surface area contributed by atoms with Crippen molar-refractivity contribution in [2.75, 3.05) is 33.8 Å². The lowest BCUT2D eigenvalue weighted by molar-refractivity contribution is -0.384. The number of rotatable bonds is 8. The predicted octanol–water partition coefficient (Wildman–Crippen LogP) is 1.04. The number of hydrogen-bond donors (Lipinski definition) is 1. The van der Waals surface area contributed by atoms with Crippen molar-refractivity contribution in [1.82, 2.24) is 10.2 Å². The molecule has 20 heavy (non-hydrogen) atoms. The highest BCUT2D eigenvalue weighted by Gasteiger charge is 2.04. The van der Waals surface area contributed by atoms with Crippen LogP contribution in [0.2, 0.25) is 0 Å². The molecule has 0 aromatic heterocycles. The summed E-state index contributed by atoms with van der Waals surface area (Å²) in [6.45, 7) is 1.65. The number of non-ortho nitro benzene ring substituents is 1. The lowest BCUT2D eigenvalue weighted by Crippen LogP contribution is -2.28. The van der Waals surface area contributed by atoms with E-state index in [0.29, 0.717) is 31.9 Å². The van der Waals surface area contributed by atoms with E-state index in [9.17, 15) is 14.9 Å². The topological polar surface area (TPSA) is 84.7 Å². The maximum Gasteiger partial charge on any atom is 0.269 e. The molecule has 1 aromatic carbocycles. The number of nitro groups is 1. The Kier molecular flexibility index (Phi) is 6.45. The molecule has 1 N–H and O–H groups in total. The van der Waals surface area contributed by atoms with Crippen LogP contribution in [0.3, 0.4) is 0 Å². The molecule has 0 fully saturated rings. The highest BCUT2D eigenvalue weighted by Crippen LogP contribution is 2.16. The largest absolute Gasteiger partial charge is 0.492 e. The Labute approximate surface area is 117 Å². The third kappa shape index (κ3) is 5.66. The molecular weight excluding hydrogens is 262 g/mol. The summed E-state index contributed by atoms with van der Waals surface area (Å²) in [6.07, 6.45) is 0.449. The second-order valence-electron chi connectivity index (χ2n) is 4.39. The van der Waals surface area contributed by atoms with Gasteiger partial charge >= 0.3 is 0 Å². The summed E-state index contributed by atoms with van der Waals surface area (Å²) in [4.78, 5) is 22.9. The minimum Gasteiger partial charge on any atom is -0.492 e. The summed E-state index contributed by atoms with van der Waals surface area (Å²) < 4.78 is 5.41. The lowest BCUT2D eigenvalue weighted by Gasteiger charge is -2.10. The Balaban J connectivity index is 2.15. The Morgan fingerprint density at radius 3 is 2.50 bits per heavy atom. The maximum atomic E-state index is 11.3. The van der Waals surface area contributed by atoms with Crippen LogP contribution in [0.1, 0.15) is 6.42 Å². The Hall–Kier alpha value is -2.15. The van der Waals surface area contributed by atoms with Gasteiger partial charge in [-0.1, -0.05) is 0 Å². The average molecular weight is 281 g/mol. The van der Waals surface area contributed by atoms with Crippen molar-refractivity contribution in [1.29, 1.82) is 0 Å². The van der Waals surface area contributed by atoms with E-state index in [4.69, 9.17) is 4.74 Å². The first-order valence-electron chi connectivity index (χ1n) is 6.29. The van der Waals surface area contributed by atoms with E-state index in [-0.39, 0.29) is 11.6 Å². The predicted molar refractivity (Wildman–Crippen MR) is 74.8 cm³/mol. The van der Waals surface area contributed by atoms with Crippen molar-refractivity contribution in [3.8, 4) is 5.75 Å². The standard InChI is InChI=1S/C13H19N3O4/c1-15(2)13(17)7-8-14-9-10-20-12-5-3-11(4-6-12)16(18)19/h3-6,14H,7-10H2,1-2H3. The molecule has 0 saturated carbocycles. The van der Waals surface area contributed by atoms with E-state index in [1.807, 2.05) is 0 Å². The zero-order valence-corrected chi connectivity index (χ0v) is 11.7. The third-order valence-electron chi connectivity index (χ3n) is 2.61. The molecule has 0 saturated heterocycles. The van der Waals surface area contributed by atoms with Gasteiger partial charge in [0.2, 0.25) is 5.91 Å². The van der Waals surface area contributed by atoms with Gasteiger partial charge in [-0.25, -0.2) is 0 Å². The van der Waals surface area contributed by atoms with E-state index >= 15 is 0 Å². The zero-order valence-electron chi connectivity index (χ0n) is 11.7. The van der Waals surface area contributed by atoms with Crippen LogP contribution < -0.4 is 10.1 Å². The van der Waals surface area contributed by atoms with E-state index in [0.717, 1.165) is 0 Å². The Morgan fingerprint density at radius 2 is 1.95 bits per heavy atom. The fourth-order valence-electron chi connectivity index (χ4n) is 1.45. The first kappa shape index (κ1) is 15.9.